The van der Waals surface area contributed by atoms with Crippen molar-refractivity contribution in [3.8, 4) is 0 Å². The van der Waals surface area contributed by atoms with Crippen molar-refractivity contribution in [2.24, 2.45) is 0 Å². The van der Waals surface area contributed by atoms with Gasteiger partial charge in [-0.05, 0) is 43.7 Å². The van der Waals surface area contributed by atoms with Gasteiger partial charge in [-0.2, -0.15) is 0 Å². The molecule has 1 aromatic carbocycles. The van der Waals surface area contributed by atoms with Crippen LogP contribution in [0.2, 0.25) is 0 Å². The zero-order chi connectivity index (χ0) is 17.8. The smallest absolute Gasteiger partial charge is 0.356 e. The van der Waals surface area contributed by atoms with E-state index in [0.717, 1.165) is 19.4 Å². The molecule has 1 aromatic heterocycles. The van der Waals surface area contributed by atoms with E-state index in [1.165, 1.54) is 10.5 Å². The van der Waals surface area contributed by atoms with Gasteiger partial charge in [-0.1, -0.05) is 12.1 Å². The highest BCUT2D eigenvalue weighted by Gasteiger charge is 2.30. The molecule has 0 amide bonds. The highest BCUT2D eigenvalue weighted by molar-refractivity contribution is 7.98. The van der Waals surface area contributed by atoms with Crippen LogP contribution in [-0.4, -0.2) is 39.7 Å². The second-order valence-corrected chi connectivity index (χ2v) is 7.02. The summed E-state index contributed by atoms with van der Waals surface area (Å²) in [7, 11) is 0. The van der Waals surface area contributed by atoms with Crippen LogP contribution in [-0.2, 0) is 17.8 Å². The zero-order valence-electron chi connectivity index (χ0n) is 14.5. The molecular weight excluding hydrogens is 338 g/mol. The summed E-state index contributed by atoms with van der Waals surface area (Å²) in [6, 6.07) is 9.00. The third-order valence-corrected chi connectivity index (χ3v) is 5.00. The molecular formula is C18H23N3O3S. The Morgan fingerprint density at radius 1 is 1.24 bits per heavy atom. The van der Waals surface area contributed by atoms with Crippen LogP contribution in [0.4, 0.5) is 0 Å². The Balaban J connectivity index is 1.76. The van der Waals surface area contributed by atoms with Crippen molar-refractivity contribution < 1.29 is 9.53 Å². The molecule has 3 rings (SSSR count). The molecule has 1 aliphatic carbocycles. The predicted molar refractivity (Wildman–Crippen MR) is 97.9 cm³/mol. The molecule has 0 atom stereocenters. The molecule has 2 N–H and O–H groups in total. The first-order chi connectivity index (χ1) is 12.1. The first-order valence-electron chi connectivity index (χ1n) is 8.46. The van der Waals surface area contributed by atoms with Crippen LogP contribution in [0.25, 0.3) is 0 Å². The molecule has 0 radical (unpaired) electrons. The van der Waals surface area contributed by atoms with E-state index >= 15 is 0 Å². The minimum absolute atomic E-state index is 0.232. The van der Waals surface area contributed by atoms with Gasteiger partial charge in [0.05, 0.1) is 12.3 Å². The first-order valence-corrected chi connectivity index (χ1v) is 9.68. The van der Waals surface area contributed by atoms with Crippen molar-refractivity contribution in [3.63, 3.8) is 0 Å². The number of benzene rings is 1. The van der Waals surface area contributed by atoms with Crippen molar-refractivity contribution in [2.45, 2.75) is 43.8 Å². The average molecular weight is 361 g/mol. The van der Waals surface area contributed by atoms with E-state index in [1.54, 1.807) is 18.7 Å². The highest BCUT2D eigenvalue weighted by atomic mass is 32.2. The van der Waals surface area contributed by atoms with Crippen LogP contribution in [0.3, 0.4) is 0 Å². The van der Waals surface area contributed by atoms with Crippen LogP contribution in [0.1, 0.15) is 41.5 Å². The van der Waals surface area contributed by atoms with Gasteiger partial charge in [0.15, 0.2) is 0 Å². The number of ether oxygens (including phenoxy) is 1. The van der Waals surface area contributed by atoms with Crippen LogP contribution in [0, 0.1) is 0 Å². The van der Waals surface area contributed by atoms with Crippen molar-refractivity contribution in [3.05, 3.63) is 51.7 Å². The molecule has 0 saturated heterocycles. The number of imidazole rings is 1. The van der Waals surface area contributed by atoms with Gasteiger partial charge in [-0.3, -0.25) is 9.88 Å². The number of thioether (sulfide) groups is 1. The number of nitrogens with zero attached hydrogens (tertiary/aromatic N) is 1. The second-order valence-electron chi connectivity index (χ2n) is 6.14. The summed E-state index contributed by atoms with van der Waals surface area (Å²) in [5, 5.41) is 0. The van der Waals surface area contributed by atoms with Gasteiger partial charge in [-0.25, -0.2) is 9.59 Å². The number of carbonyl (C=O) groups is 1. The lowest BCUT2D eigenvalue weighted by atomic mass is 10.2. The molecule has 25 heavy (non-hydrogen) atoms. The number of carbonyl (C=O) groups excluding carboxylic acids is 1. The number of hydrogen-bond acceptors (Lipinski definition) is 5. The number of aromatic nitrogens is 2. The molecule has 6 nitrogen and oxygen atoms in total. The monoisotopic (exact) mass is 361 g/mol. The molecule has 0 aliphatic heterocycles. The molecule has 2 aromatic rings. The maximum Gasteiger partial charge on any atom is 0.356 e. The maximum atomic E-state index is 12.0. The molecule has 1 heterocycles. The minimum Gasteiger partial charge on any atom is -0.461 e. The van der Waals surface area contributed by atoms with Gasteiger partial charge in [-0.15, -0.1) is 11.8 Å². The summed E-state index contributed by atoms with van der Waals surface area (Å²) in [4.78, 5) is 32.6. The van der Waals surface area contributed by atoms with E-state index in [0.29, 0.717) is 18.3 Å². The molecule has 0 bridgehead atoms. The van der Waals surface area contributed by atoms with Gasteiger partial charge in [0.25, 0.3) is 0 Å². The highest BCUT2D eigenvalue weighted by Crippen LogP contribution is 2.30. The molecule has 0 spiro atoms. The molecule has 134 valence electrons. The Morgan fingerprint density at radius 3 is 2.56 bits per heavy atom. The number of nitrogens with one attached hydrogen (secondary N) is 2. The average Bonchev–Trinajstić information content (AvgIpc) is 3.38. The SMILES string of the molecule is CCOC(=O)c1[nH]c(=O)[nH]c1CN(Cc1ccc(SC)cc1)C1CC1. The zero-order valence-corrected chi connectivity index (χ0v) is 15.3. The van der Waals surface area contributed by atoms with Crippen LogP contribution < -0.4 is 5.69 Å². The van der Waals surface area contributed by atoms with E-state index < -0.39 is 5.97 Å². The van der Waals surface area contributed by atoms with Crippen LogP contribution >= 0.6 is 11.8 Å². The lowest BCUT2D eigenvalue weighted by Gasteiger charge is -2.22. The number of hydrogen-bond donors (Lipinski definition) is 2. The van der Waals surface area contributed by atoms with Gasteiger partial charge in [0.2, 0.25) is 0 Å². The Kier molecular flexibility index (Phi) is 5.65. The summed E-state index contributed by atoms with van der Waals surface area (Å²) >= 11 is 1.72. The quantitative estimate of drug-likeness (QED) is 0.558. The van der Waals surface area contributed by atoms with E-state index in [9.17, 15) is 9.59 Å². The minimum atomic E-state index is -0.490. The fraction of sp³-hybridized carbons (Fsp3) is 0.444. The summed E-state index contributed by atoms with van der Waals surface area (Å²) in [5.74, 6) is -0.490. The fourth-order valence-corrected chi connectivity index (χ4v) is 3.25. The van der Waals surface area contributed by atoms with Crippen LogP contribution in [0.15, 0.2) is 34.0 Å². The van der Waals surface area contributed by atoms with Crippen molar-refractivity contribution >= 4 is 17.7 Å². The Hall–Kier alpha value is -1.99. The van der Waals surface area contributed by atoms with Crippen molar-refractivity contribution in [1.82, 2.24) is 14.9 Å². The first kappa shape index (κ1) is 17.8. The van der Waals surface area contributed by atoms with Crippen molar-refractivity contribution in [1.29, 1.82) is 0 Å². The van der Waals surface area contributed by atoms with E-state index in [-0.39, 0.29) is 18.0 Å². The Bertz CT molecular complexity index is 778. The lowest BCUT2D eigenvalue weighted by Crippen LogP contribution is -2.26. The maximum absolute atomic E-state index is 12.0. The van der Waals surface area contributed by atoms with Gasteiger partial charge in [0.1, 0.15) is 5.69 Å². The normalized spacial score (nSPS) is 14.0. The molecule has 1 aliphatic rings. The molecule has 1 fully saturated rings. The Labute approximate surface area is 151 Å². The standard InChI is InChI=1S/C18H23N3O3S/c1-3-24-17(22)16-15(19-18(23)20-16)11-21(13-6-7-13)10-12-4-8-14(25-2)9-5-12/h4-5,8-9,13H,3,6-7,10-11H2,1-2H3,(H2,19,20,23). The fourth-order valence-electron chi connectivity index (χ4n) is 2.84. The summed E-state index contributed by atoms with van der Waals surface area (Å²) in [5.41, 5.74) is 1.67. The van der Waals surface area contributed by atoms with E-state index in [4.69, 9.17) is 4.74 Å². The third-order valence-electron chi connectivity index (χ3n) is 4.25. The number of rotatable bonds is 8. The van der Waals surface area contributed by atoms with Crippen LogP contribution in [0.5, 0.6) is 0 Å². The number of H-pyrrole nitrogens is 2. The van der Waals surface area contributed by atoms with E-state index in [2.05, 4.69) is 45.4 Å². The van der Waals surface area contributed by atoms with Crippen molar-refractivity contribution in [2.75, 3.05) is 12.9 Å². The van der Waals surface area contributed by atoms with Gasteiger partial charge in [0, 0.05) is 24.0 Å². The largest absolute Gasteiger partial charge is 0.461 e. The lowest BCUT2D eigenvalue weighted by molar-refractivity contribution is 0.0517. The third kappa shape index (κ3) is 4.55. The molecule has 0 unspecified atom stereocenters. The number of aromatic amines is 2. The summed E-state index contributed by atoms with van der Waals surface area (Å²) in [6.07, 6.45) is 4.35. The summed E-state index contributed by atoms with van der Waals surface area (Å²) < 4.78 is 5.03. The predicted octanol–water partition coefficient (Wildman–Crippen LogP) is 2.77. The molecule has 7 heteroatoms. The number of esters is 1. The van der Waals surface area contributed by atoms with Gasteiger partial charge < -0.3 is 9.72 Å². The second kappa shape index (κ2) is 7.93. The Morgan fingerprint density at radius 2 is 1.96 bits per heavy atom. The van der Waals surface area contributed by atoms with E-state index in [1.807, 2.05) is 0 Å². The topological polar surface area (TPSA) is 78.2 Å². The van der Waals surface area contributed by atoms with Gasteiger partial charge >= 0.3 is 11.7 Å². The summed E-state index contributed by atoms with van der Waals surface area (Å²) in [6.45, 7) is 3.33. The molecule has 1 saturated carbocycles.